The number of benzene rings is 1. The van der Waals surface area contributed by atoms with Crippen molar-refractivity contribution in [2.75, 3.05) is 76.2 Å². The van der Waals surface area contributed by atoms with E-state index in [1.165, 1.54) is 17.3 Å². The van der Waals surface area contributed by atoms with Crippen LogP contribution in [0.1, 0.15) is 0 Å². The van der Waals surface area contributed by atoms with E-state index in [9.17, 15) is 4.79 Å². The van der Waals surface area contributed by atoms with Gasteiger partial charge in [0.05, 0.1) is 25.5 Å². The number of rotatable bonds is 13. The lowest BCUT2D eigenvalue weighted by atomic mass is 10.2. The molecule has 3 rings (SSSR count). The topological polar surface area (TPSA) is 131 Å². The lowest BCUT2D eigenvalue weighted by molar-refractivity contribution is -0.124. The standard InChI is InChI=1S/C26H35N9O3S/c1-27-16-20(26(36)32-37)17-29-18-33(3)10-11-34(4)24-22(28-2)25(35-12-14-38-15-13-35)31-23(30-24)19-6-8-21(39-5)9-7-19/h6-9,16-17,37H,1-2,10-15,18H2,3-5H3,(H,32,36)/b20-16+,29-17-. The number of carbonyl (C=O) groups is 1. The Labute approximate surface area is 233 Å². The lowest BCUT2D eigenvalue weighted by Gasteiger charge is -2.31. The number of aliphatic imine (C=N–C) groups is 3. The van der Waals surface area contributed by atoms with Gasteiger partial charge in [-0.05, 0) is 38.9 Å². The van der Waals surface area contributed by atoms with Gasteiger partial charge in [-0.3, -0.25) is 29.9 Å². The van der Waals surface area contributed by atoms with Crippen LogP contribution >= 0.6 is 11.8 Å². The normalized spacial score (nSPS) is 14.1. The van der Waals surface area contributed by atoms with Crippen LogP contribution in [-0.2, 0) is 9.53 Å². The van der Waals surface area contributed by atoms with Gasteiger partial charge < -0.3 is 14.5 Å². The van der Waals surface area contributed by atoms with Crippen LogP contribution in [0.3, 0.4) is 0 Å². The summed E-state index contributed by atoms with van der Waals surface area (Å²) in [6.45, 7) is 11.4. The van der Waals surface area contributed by atoms with E-state index < -0.39 is 5.91 Å². The molecule has 2 N–H and O–H groups in total. The summed E-state index contributed by atoms with van der Waals surface area (Å²) in [6.07, 6.45) is 4.61. The molecule has 1 saturated heterocycles. The number of hydrogen-bond acceptors (Lipinski definition) is 12. The average Bonchev–Trinajstić information content (AvgIpc) is 2.98. The van der Waals surface area contributed by atoms with Crippen molar-refractivity contribution in [3.05, 3.63) is 36.0 Å². The third-order valence-electron chi connectivity index (χ3n) is 5.99. The molecule has 13 heteroatoms. The van der Waals surface area contributed by atoms with E-state index in [1.807, 2.05) is 42.3 Å². The molecule has 208 valence electrons. The van der Waals surface area contributed by atoms with Crippen molar-refractivity contribution in [2.45, 2.75) is 4.90 Å². The molecule has 0 bridgehead atoms. The first-order valence-electron chi connectivity index (χ1n) is 12.3. The highest BCUT2D eigenvalue weighted by atomic mass is 32.2. The molecule has 2 aromatic rings. The van der Waals surface area contributed by atoms with Crippen LogP contribution in [0.2, 0.25) is 0 Å². The van der Waals surface area contributed by atoms with E-state index >= 15 is 0 Å². The van der Waals surface area contributed by atoms with Crippen molar-refractivity contribution in [1.29, 1.82) is 0 Å². The maximum Gasteiger partial charge on any atom is 0.277 e. The summed E-state index contributed by atoms with van der Waals surface area (Å²) in [5, 5.41) is 8.84. The number of likely N-dealkylation sites (N-methyl/N-ethyl adjacent to an activating group) is 2. The minimum Gasteiger partial charge on any atom is -0.378 e. The SMILES string of the molecule is C=N/C=C(\C=N/CN(C)CCN(C)c1nc(-c2ccc(SC)cc2)nc(N2CCOCC2)c1N=C)C(=O)NO. The second kappa shape index (κ2) is 15.1. The fourth-order valence-corrected chi connectivity index (χ4v) is 4.20. The number of nitrogens with one attached hydrogen (secondary N) is 1. The molecule has 1 aromatic carbocycles. The molecular formula is C26H35N9O3S. The molecule has 0 radical (unpaired) electrons. The summed E-state index contributed by atoms with van der Waals surface area (Å²) in [6, 6.07) is 8.18. The van der Waals surface area contributed by atoms with E-state index in [4.69, 9.17) is 19.9 Å². The summed E-state index contributed by atoms with van der Waals surface area (Å²) >= 11 is 1.68. The molecule has 1 fully saturated rings. The largest absolute Gasteiger partial charge is 0.378 e. The van der Waals surface area contributed by atoms with Gasteiger partial charge >= 0.3 is 0 Å². The summed E-state index contributed by atoms with van der Waals surface area (Å²) in [7, 11) is 3.87. The van der Waals surface area contributed by atoms with Gasteiger partial charge in [0.1, 0.15) is 5.69 Å². The Kier molecular flexibility index (Phi) is 11.6. The predicted molar refractivity (Wildman–Crippen MR) is 158 cm³/mol. The van der Waals surface area contributed by atoms with Crippen LogP contribution in [-0.4, -0.2) is 112 Å². The van der Waals surface area contributed by atoms with Gasteiger partial charge in [0, 0.05) is 56.1 Å². The smallest absolute Gasteiger partial charge is 0.277 e. The number of anilines is 2. The highest BCUT2D eigenvalue weighted by molar-refractivity contribution is 7.98. The summed E-state index contributed by atoms with van der Waals surface area (Å²) < 4.78 is 5.55. The number of nitrogens with zero attached hydrogens (tertiary/aromatic N) is 8. The number of amides is 1. The molecule has 39 heavy (non-hydrogen) atoms. The third-order valence-corrected chi connectivity index (χ3v) is 6.73. The molecule has 0 aliphatic carbocycles. The molecule has 0 unspecified atom stereocenters. The van der Waals surface area contributed by atoms with Crippen LogP contribution in [0.15, 0.2) is 55.9 Å². The van der Waals surface area contributed by atoms with Crippen molar-refractivity contribution in [3.8, 4) is 11.4 Å². The van der Waals surface area contributed by atoms with Gasteiger partial charge in [-0.25, -0.2) is 15.4 Å². The Bertz CT molecular complexity index is 1200. The fraction of sp³-hybridized carbons (Fsp3) is 0.385. The highest BCUT2D eigenvalue weighted by Gasteiger charge is 2.23. The second-order valence-corrected chi connectivity index (χ2v) is 9.57. The maximum atomic E-state index is 11.6. The van der Waals surface area contributed by atoms with E-state index in [0.29, 0.717) is 63.4 Å². The van der Waals surface area contributed by atoms with Gasteiger partial charge in [-0.15, -0.1) is 11.8 Å². The van der Waals surface area contributed by atoms with E-state index in [0.717, 1.165) is 11.4 Å². The maximum absolute atomic E-state index is 11.6. The van der Waals surface area contributed by atoms with Gasteiger partial charge in [0.25, 0.3) is 5.91 Å². The monoisotopic (exact) mass is 553 g/mol. The predicted octanol–water partition coefficient (Wildman–Crippen LogP) is 2.52. The number of ether oxygens (including phenoxy) is 1. The first-order valence-corrected chi connectivity index (χ1v) is 13.5. The van der Waals surface area contributed by atoms with Crippen molar-refractivity contribution in [1.82, 2.24) is 20.3 Å². The Hall–Kier alpha value is -3.65. The first kappa shape index (κ1) is 29.9. The van der Waals surface area contributed by atoms with Crippen molar-refractivity contribution in [3.63, 3.8) is 0 Å². The molecule has 0 atom stereocenters. The molecule has 12 nitrogen and oxygen atoms in total. The molecule has 2 heterocycles. The molecule has 1 aliphatic heterocycles. The Balaban J connectivity index is 1.82. The van der Waals surface area contributed by atoms with Crippen molar-refractivity contribution < 1.29 is 14.7 Å². The van der Waals surface area contributed by atoms with Gasteiger partial charge in [0.2, 0.25) is 0 Å². The van der Waals surface area contributed by atoms with Gasteiger partial charge in [-0.1, -0.05) is 12.1 Å². The molecular weight excluding hydrogens is 518 g/mol. The quantitative estimate of drug-likeness (QED) is 0.126. The number of hydrogen-bond donors (Lipinski definition) is 2. The number of aromatic nitrogens is 2. The highest BCUT2D eigenvalue weighted by Crippen LogP contribution is 2.37. The Morgan fingerprint density at radius 1 is 1.21 bits per heavy atom. The molecule has 1 amide bonds. The summed E-state index contributed by atoms with van der Waals surface area (Å²) in [4.78, 5) is 41.0. The zero-order valence-electron chi connectivity index (χ0n) is 22.6. The van der Waals surface area contributed by atoms with E-state index in [1.54, 1.807) is 17.2 Å². The molecule has 1 aliphatic rings. The van der Waals surface area contributed by atoms with Gasteiger partial charge in [0.15, 0.2) is 17.5 Å². The number of morpholine rings is 1. The van der Waals surface area contributed by atoms with Crippen molar-refractivity contribution in [2.24, 2.45) is 15.0 Å². The van der Waals surface area contributed by atoms with Gasteiger partial charge in [-0.2, -0.15) is 0 Å². The Morgan fingerprint density at radius 2 is 1.92 bits per heavy atom. The van der Waals surface area contributed by atoms with Crippen LogP contribution in [0, 0.1) is 0 Å². The minimum atomic E-state index is -0.711. The number of hydroxylamine groups is 1. The molecule has 1 aromatic heterocycles. The first-order chi connectivity index (χ1) is 18.9. The fourth-order valence-electron chi connectivity index (χ4n) is 3.79. The molecule has 0 saturated carbocycles. The third kappa shape index (κ3) is 8.17. The number of carbonyl (C=O) groups excluding carboxylic acids is 1. The summed E-state index contributed by atoms with van der Waals surface area (Å²) in [5.74, 6) is 1.33. The zero-order chi connectivity index (χ0) is 28.2. The van der Waals surface area contributed by atoms with Crippen LogP contribution < -0.4 is 15.3 Å². The second-order valence-electron chi connectivity index (χ2n) is 8.69. The number of thioether (sulfide) groups is 1. The van der Waals surface area contributed by atoms with E-state index in [-0.39, 0.29) is 5.57 Å². The average molecular weight is 554 g/mol. The van der Waals surface area contributed by atoms with Crippen molar-refractivity contribution >= 4 is 54.6 Å². The summed E-state index contributed by atoms with van der Waals surface area (Å²) in [5.41, 5.74) is 3.21. The van der Waals surface area contributed by atoms with Crippen LogP contribution in [0.4, 0.5) is 17.3 Å². The Morgan fingerprint density at radius 3 is 2.54 bits per heavy atom. The van der Waals surface area contributed by atoms with Crippen LogP contribution in [0.5, 0.6) is 0 Å². The lowest BCUT2D eigenvalue weighted by Crippen LogP contribution is -2.37. The molecule has 0 spiro atoms. The van der Waals surface area contributed by atoms with E-state index in [2.05, 4.69) is 45.4 Å². The minimum absolute atomic E-state index is 0.0921. The zero-order valence-corrected chi connectivity index (χ0v) is 23.4. The van der Waals surface area contributed by atoms with Crippen LogP contribution in [0.25, 0.3) is 11.4 Å².